The number of halogens is 3. The van der Waals surface area contributed by atoms with Gasteiger partial charge in [-0.1, -0.05) is 18.2 Å². The second kappa shape index (κ2) is 7.99. The summed E-state index contributed by atoms with van der Waals surface area (Å²) in [5.41, 5.74) is 0.737. The molecule has 3 aromatic rings. The predicted molar refractivity (Wildman–Crippen MR) is 98.6 cm³/mol. The zero-order chi connectivity index (χ0) is 20.3. The lowest BCUT2D eigenvalue weighted by Gasteiger charge is -2.14. The first-order valence-corrected chi connectivity index (χ1v) is 9.68. The van der Waals surface area contributed by atoms with E-state index in [2.05, 4.69) is 14.7 Å². The van der Waals surface area contributed by atoms with Gasteiger partial charge in [0.2, 0.25) is 5.28 Å². The molecule has 0 spiro atoms. The quantitative estimate of drug-likeness (QED) is 0.484. The van der Waals surface area contributed by atoms with Crippen LogP contribution in [0.1, 0.15) is 17.2 Å². The van der Waals surface area contributed by atoms with Crippen LogP contribution in [-0.4, -0.2) is 24.7 Å². The summed E-state index contributed by atoms with van der Waals surface area (Å²) in [6, 6.07) is 10.1. The molecule has 3 rings (SSSR count). The van der Waals surface area contributed by atoms with E-state index in [1.807, 2.05) is 0 Å². The Kier molecular flexibility index (Phi) is 5.66. The third kappa shape index (κ3) is 4.15. The summed E-state index contributed by atoms with van der Waals surface area (Å²) in [6.45, 7) is 0. The van der Waals surface area contributed by atoms with Crippen LogP contribution < -0.4 is 4.72 Å². The van der Waals surface area contributed by atoms with Gasteiger partial charge in [0.25, 0.3) is 10.0 Å². The van der Waals surface area contributed by atoms with E-state index < -0.39 is 32.5 Å². The van der Waals surface area contributed by atoms with E-state index in [-0.39, 0.29) is 11.0 Å². The Morgan fingerprint density at radius 3 is 2.39 bits per heavy atom. The molecule has 1 atom stereocenters. The van der Waals surface area contributed by atoms with Crippen LogP contribution in [0.25, 0.3) is 0 Å². The first-order chi connectivity index (χ1) is 13.3. The van der Waals surface area contributed by atoms with E-state index in [1.54, 1.807) is 6.07 Å². The Balaban J connectivity index is 1.96. The Hall–Kier alpha value is -2.91. The Labute approximate surface area is 164 Å². The zero-order valence-electron chi connectivity index (χ0n) is 14.0. The highest BCUT2D eigenvalue weighted by Crippen LogP contribution is 2.26. The van der Waals surface area contributed by atoms with Gasteiger partial charge in [0.1, 0.15) is 17.9 Å². The van der Waals surface area contributed by atoms with Crippen LogP contribution in [-0.2, 0) is 14.8 Å². The van der Waals surface area contributed by atoms with Crippen LogP contribution in [0.15, 0.2) is 59.6 Å². The van der Waals surface area contributed by atoms with Crippen molar-refractivity contribution in [1.29, 1.82) is 0 Å². The number of carbonyl (C=O) groups is 1. The Morgan fingerprint density at radius 2 is 1.75 bits per heavy atom. The van der Waals surface area contributed by atoms with Crippen LogP contribution >= 0.6 is 11.6 Å². The van der Waals surface area contributed by atoms with Crippen molar-refractivity contribution in [3.63, 3.8) is 0 Å². The molecule has 6 nitrogen and oxygen atoms in total. The number of sulfonamides is 1. The molecule has 0 saturated carbocycles. The Bertz CT molecular complexity index is 1120. The van der Waals surface area contributed by atoms with Crippen molar-refractivity contribution < 1.29 is 22.0 Å². The van der Waals surface area contributed by atoms with E-state index >= 15 is 0 Å². The lowest BCUT2D eigenvalue weighted by molar-refractivity contribution is -0.108. The second-order valence-electron chi connectivity index (χ2n) is 5.65. The smallest absolute Gasteiger partial charge is 0.267 e. The number of benzene rings is 2. The van der Waals surface area contributed by atoms with E-state index in [4.69, 9.17) is 11.6 Å². The van der Waals surface area contributed by atoms with Crippen LogP contribution in [0, 0.1) is 11.6 Å². The van der Waals surface area contributed by atoms with Gasteiger partial charge in [0.15, 0.2) is 4.90 Å². The van der Waals surface area contributed by atoms with Gasteiger partial charge in [-0.05, 0) is 47.5 Å². The van der Waals surface area contributed by atoms with Crippen molar-refractivity contribution in [3.8, 4) is 0 Å². The summed E-state index contributed by atoms with van der Waals surface area (Å²) in [6.07, 6.45) is 2.00. The first-order valence-electron chi connectivity index (χ1n) is 7.82. The number of aldehydes is 1. The molecule has 0 fully saturated rings. The molecule has 0 aliphatic rings. The summed E-state index contributed by atoms with van der Waals surface area (Å²) >= 11 is 5.75. The fraction of sp³-hybridized carbons (Fsp3) is 0.0556. The fourth-order valence-corrected chi connectivity index (χ4v) is 3.92. The van der Waals surface area contributed by atoms with Gasteiger partial charge in [-0.3, -0.25) is 4.72 Å². The molecule has 1 aromatic heterocycles. The van der Waals surface area contributed by atoms with Gasteiger partial charge in [-0.2, -0.15) is 0 Å². The van der Waals surface area contributed by atoms with Crippen LogP contribution in [0.5, 0.6) is 0 Å². The molecule has 144 valence electrons. The standard InChI is InChI=1S/C18H12ClF2N3O3S/c19-18-22-8-7-16(23-18)13(10-25)11-3-1-4-12(9-11)24-28(26,27)17-14(20)5-2-6-15(17)21/h1-10,13,24H. The monoisotopic (exact) mass is 423 g/mol. The Morgan fingerprint density at radius 1 is 1.07 bits per heavy atom. The molecule has 10 heteroatoms. The summed E-state index contributed by atoms with van der Waals surface area (Å²) in [5, 5.41) is -0.0452. The highest BCUT2D eigenvalue weighted by Gasteiger charge is 2.24. The van der Waals surface area contributed by atoms with Crippen molar-refractivity contribution in [2.75, 3.05) is 4.72 Å². The molecule has 0 bridgehead atoms. The minimum Gasteiger partial charge on any atom is -0.302 e. The summed E-state index contributed by atoms with van der Waals surface area (Å²) < 4.78 is 54.6. The molecule has 2 aromatic carbocycles. The van der Waals surface area contributed by atoms with Gasteiger partial charge in [0, 0.05) is 11.9 Å². The molecular weight excluding hydrogens is 412 g/mol. The van der Waals surface area contributed by atoms with E-state index in [0.717, 1.165) is 18.2 Å². The second-order valence-corrected chi connectivity index (χ2v) is 7.60. The number of rotatable bonds is 6. The number of nitrogens with zero attached hydrogens (tertiary/aromatic N) is 2. The van der Waals surface area contributed by atoms with Gasteiger partial charge in [0.05, 0.1) is 11.6 Å². The average molecular weight is 424 g/mol. The third-order valence-corrected chi connectivity index (χ3v) is 5.40. The molecule has 28 heavy (non-hydrogen) atoms. The number of nitrogens with one attached hydrogen (secondary N) is 1. The molecule has 0 radical (unpaired) electrons. The van der Waals surface area contributed by atoms with E-state index in [1.165, 1.54) is 30.5 Å². The largest absolute Gasteiger partial charge is 0.302 e. The minimum atomic E-state index is -4.53. The lowest BCUT2D eigenvalue weighted by atomic mass is 9.97. The number of anilines is 1. The van der Waals surface area contributed by atoms with Crippen molar-refractivity contribution in [1.82, 2.24) is 9.97 Å². The number of hydrogen-bond donors (Lipinski definition) is 1. The molecular formula is C18H12ClF2N3O3S. The van der Waals surface area contributed by atoms with Crippen molar-refractivity contribution in [2.45, 2.75) is 10.8 Å². The number of aromatic nitrogens is 2. The predicted octanol–water partition coefficient (Wildman–Crippen LogP) is 3.54. The van der Waals surface area contributed by atoms with Crippen LogP contribution in [0.4, 0.5) is 14.5 Å². The first kappa shape index (κ1) is 19.8. The van der Waals surface area contributed by atoms with Crippen molar-refractivity contribution in [3.05, 3.63) is 82.9 Å². The van der Waals surface area contributed by atoms with E-state index in [0.29, 0.717) is 17.5 Å². The molecule has 0 amide bonds. The third-order valence-electron chi connectivity index (χ3n) is 3.79. The van der Waals surface area contributed by atoms with Crippen LogP contribution in [0.3, 0.4) is 0 Å². The van der Waals surface area contributed by atoms with Crippen molar-refractivity contribution in [2.24, 2.45) is 0 Å². The van der Waals surface area contributed by atoms with E-state index in [9.17, 15) is 22.0 Å². The van der Waals surface area contributed by atoms with Crippen LogP contribution in [0.2, 0.25) is 5.28 Å². The van der Waals surface area contributed by atoms with Gasteiger partial charge in [-0.25, -0.2) is 27.2 Å². The molecule has 0 aliphatic carbocycles. The fourth-order valence-electron chi connectivity index (χ4n) is 2.58. The van der Waals surface area contributed by atoms with Crippen molar-refractivity contribution >= 4 is 33.6 Å². The highest BCUT2D eigenvalue weighted by atomic mass is 35.5. The van der Waals surface area contributed by atoms with Gasteiger partial charge < -0.3 is 4.79 Å². The molecule has 1 heterocycles. The molecule has 0 aliphatic heterocycles. The highest BCUT2D eigenvalue weighted by molar-refractivity contribution is 7.92. The minimum absolute atomic E-state index is 0.0205. The van der Waals surface area contributed by atoms with Gasteiger partial charge in [-0.15, -0.1) is 0 Å². The molecule has 1 unspecified atom stereocenters. The van der Waals surface area contributed by atoms with Gasteiger partial charge >= 0.3 is 0 Å². The molecule has 0 saturated heterocycles. The summed E-state index contributed by atoms with van der Waals surface area (Å²) in [7, 11) is -4.53. The normalized spacial score (nSPS) is 12.4. The summed E-state index contributed by atoms with van der Waals surface area (Å²) in [4.78, 5) is 18.2. The SMILES string of the molecule is O=CC(c1cccc(NS(=O)(=O)c2c(F)cccc2F)c1)c1ccnc(Cl)n1. The number of carbonyl (C=O) groups excluding carboxylic acids is 1. The lowest BCUT2D eigenvalue weighted by Crippen LogP contribution is -2.16. The number of hydrogen-bond acceptors (Lipinski definition) is 5. The maximum Gasteiger partial charge on any atom is 0.267 e. The topological polar surface area (TPSA) is 89.0 Å². The molecule has 1 N–H and O–H groups in total. The maximum atomic E-state index is 13.8. The maximum absolute atomic E-state index is 13.8. The average Bonchev–Trinajstić information content (AvgIpc) is 2.62. The zero-order valence-corrected chi connectivity index (χ0v) is 15.6. The summed E-state index contributed by atoms with van der Waals surface area (Å²) in [5.74, 6) is -3.27.